The summed E-state index contributed by atoms with van der Waals surface area (Å²) in [5.74, 6) is -0.129. The first kappa shape index (κ1) is 11.6. The molecular weight excluding hydrogens is 207 g/mol. The van der Waals surface area contributed by atoms with E-state index in [4.69, 9.17) is 4.74 Å². The molecule has 88 valence electrons. The highest BCUT2D eigenvalue weighted by atomic mass is 19.1. The molecule has 1 unspecified atom stereocenters. The standard InChI is InChI=1S/C13H17FO2/c1-2-10(7-15)13(8-16-9-13)11-5-3-4-6-12(11)14/h3-6,10,15H,2,7-9H2,1H3. The molecule has 0 bridgehead atoms. The van der Waals surface area contributed by atoms with Crippen LogP contribution in [0.4, 0.5) is 4.39 Å². The lowest BCUT2D eigenvalue weighted by Gasteiger charge is -2.47. The van der Waals surface area contributed by atoms with Crippen molar-refractivity contribution in [3.05, 3.63) is 35.6 Å². The minimum atomic E-state index is -0.325. The van der Waals surface area contributed by atoms with Gasteiger partial charge in [0.2, 0.25) is 0 Å². The van der Waals surface area contributed by atoms with Gasteiger partial charge in [0.05, 0.1) is 13.2 Å². The van der Waals surface area contributed by atoms with Gasteiger partial charge in [-0.05, 0) is 17.5 Å². The fraction of sp³-hybridized carbons (Fsp3) is 0.538. The summed E-state index contributed by atoms with van der Waals surface area (Å²) in [7, 11) is 0. The van der Waals surface area contributed by atoms with Gasteiger partial charge in [0.15, 0.2) is 0 Å². The van der Waals surface area contributed by atoms with Crippen LogP contribution in [0.5, 0.6) is 0 Å². The van der Waals surface area contributed by atoms with E-state index in [1.54, 1.807) is 12.1 Å². The van der Waals surface area contributed by atoms with Crippen LogP contribution in [0.25, 0.3) is 0 Å². The van der Waals surface area contributed by atoms with Crippen LogP contribution in [0.15, 0.2) is 24.3 Å². The number of halogens is 1. The predicted molar refractivity (Wildman–Crippen MR) is 59.8 cm³/mol. The monoisotopic (exact) mass is 224 g/mol. The molecular formula is C13H17FO2. The Balaban J connectivity index is 2.38. The first-order valence-corrected chi connectivity index (χ1v) is 5.68. The van der Waals surface area contributed by atoms with Crippen molar-refractivity contribution in [3.8, 4) is 0 Å². The molecule has 3 heteroatoms. The van der Waals surface area contributed by atoms with Crippen molar-refractivity contribution >= 4 is 0 Å². The number of aliphatic hydroxyl groups is 1. The molecule has 1 atom stereocenters. The van der Waals surface area contributed by atoms with E-state index in [0.29, 0.717) is 18.8 Å². The minimum absolute atomic E-state index is 0.0677. The minimum Gasteiger partial charge on any atom is -0.396 e. The zero-order valence-electron chi connectivity index (χ0n) is 9.45. The average molecular weight is 224 g/mol. The Morgan fingerprint density at radius 2 is 2.12 bits per heavy atom. The Morgan fingerprint density at radius 1 is 1.44 bits per heavy atom. The third-order valence-corrected chi connectivity index (χ3v) is 3.62. The molecule has 0 amide bonds. The van der Waals surface area contributed by atoms with Crippen LogP contribution in [0.1, 0.15) is 18.9 Å². The van der Waals surface area contributed by atoms with Gasteiger partial charge in [0.1, 0.15) is 5.82 Å². The number of benzene rings is 1. The molecule has 0 aromatic heterocycles. The largest absolute Gasteiger partial charge is 0.396 e. The van der Waals surface area contributed by atoms with Crippen molar-refractivity contribution in [1.82, 2.24) is 0 Å². The Bertz CT molecular complexity index is 357. The van der Waals surface area contributed by atoms with E-state index in [1.165, 1.54) is 6.07 Å². The Kier molecular flexibility index (Phi) is 3.26. The molecule has 1 aromatic rings. The maximum absolute atomic E-state index is 13.8. The Morgan fingerprint density at radius 3 is 2.56 bits per heavy atom. The Hall–Kier alpha value is -0.930. The molecule has 1 aromatic carbocycles. The second kappa shape index (κ2) is 4.52. The van der Waals surface area contributed by atoms with Crippen LogP contribution in [0, 0.1) is 11.7 Å². The van der Waals surface area contributed by atoms with Gasteiger partial charge in [-0.3, -0.25) is 0 Å². The highest BCUT2D eigenvalue weighted by molar-refractivity contribution is 5.30. The fourth-order valence-electron chi connectivity index (χ4n) is 2.49. The summed E-state index contributed by atoms with van der Waals surface area (Å²) in [5, 5.41) is 9.40. The first-order valence-electron chi connectivity index (χ1n) is 5.68. The zero-order chi connectivity index (χ0) is 11.6. The summed E-state index contributed by atoms with van der Waals surface area (Å²) in [6.07, 6.45) is 0.828. The summed E-state index contributed by atoms with van der Waals surface area (Å²) < 4.78 is 19.1. The zero-order valence-corrected chi connectivity index (χ0v) is 9.45. The van der Waals surface area contributed by atoms with E-state index in [1.807, 2.05) is 13.0 Å². The fourth-order valence-corrected chi connectivity index (χ4v) is 2.49. The summed E-state index contributed by atoms with van der Waals surface area (Å²) in [6.45, 7) is 3.11. The van der Waals surface area contributed by atoms with Gasteiger partial charge in [-0.1, -0.05) is 31.5 Å². The lowest BCUT2D eigenvalue weighted by molar-refractivity contribution is -0.103. The van der Waals surface area contributed by atoms with Crippen molar-refractivity contribution in [2.24, 2.45) is 5.92 Å². The number of hydrogen-bond donors (Lipinski definition) is 1. The normalized spacial score (nSPS) is 20.2. The van der Waals surface area contributed by atoms with E-state index in [-0.39, 0.29) is 23.8 Å². The number of hydrogen-bond acceptors (Lipinski definition) is 2. The molecule has 1 heterocycles. The van der Waals surface area contributed by atoms with E-state index >= 15 is 0 Å². The summed E-state index contributed by atoms with van der Waals surface area (Å²) >= 11 is 0. The van der Waals surface area contributed by atoms with Gasteiger partial charge in [-0.25, -0.2) is 4.39 Å². The van der Waals surface area contributed by atoms with Crippen LogP contribution in [-0.2, 0) is 10.2 Å². The molecule has 1 saturated heterocycles. The molecule has 0 saturated carbocycles. The third-order valence-electron chi connectivity index (χ3n) is 3.62. The maximum Gasteiger partial charge on any atom is 0.127 e. The van der Waals surface area contributed by atoms with Crippen molar-refractivity contribution in [2.75, 3.05) is 19.8 Å². The first-order chi connectivity index (χ1) is 7.74. The van der Waals surface area contributed by atoms with Crippen molar-refractivity contribution < 1.29 is 14.2 Å². The second-order valence-corrected chi connectivity index (χ2v) is 4.42. The summed E-state index contributed by atoms with van der Waals surface area (Å²) in [5.41, 5.74) is 0.358. The summed E-state index contributed by atoms with van der Waals surface area (Å²) in [6, 6.07) is 6.80. The topological polar surface area (TPSA) is 29.5 Å². The molecule has 1 N–H and O–H groups in total. The van der Waals surface area contributed by atoms with Crippen molar-refractivity contribution in [2.45, 2.75) is 18.8 Å². The average Bonchev–Trinajstić information content (AvgIpc) is 2.25. The molecule has 1 fully saturated rings. The molecule has 1 aliphatic rings. The maximum atomic E-state index is 13.8. The van der Waals surface area contributed by atoms with E-state index in [9.17, 15) is 9.50 Å². The van der Waals surface area contributed by atoms with Gasteiger partial charge >= 0.3 is 0 Å². The van der Waals surface area contributed by atoms with Gasteiger partial charge in [-0.2, -0.15) is 0 Å². The summed E-state index contributed by atoms with van der Waals surface area (Å²) in [4.78, 5) is 0. The molecule has 0 radical (unpaired) electrons. The Labute approximate surface area is 95.1 Å². The number of rotatable bonds is 4. The van der Waals surface area contributed by atoms with Gasteiger partial charge < -0.3 is 9.84 Å². The second-order valence-electron chi connectivity index (χ2n) is 4.42. The van der Waals surface area contributed by atoms with E-state index in [0.717, 1.165) is 6.42 Å². The quantitative estimate of drug-likeness (QED) is 0.848. The number of aliphatic hydroxyl groups excluding tert-OH is 1. The van der Waals surface area contributed by atoms with Crippen LogP contribution in [-0.4, -0.2) is 24.9 Å². The SMILES string of the molecule is CCC(CO)C1(c2ccccc2F)COC1. The highest BCUT2D eigenvalue weighted by Crippen LogP contribution is 2.41. The molecule has 0 aliphatic carbocycles. The van der Waals surface area contributed by atoms with Crippen LogP contribution < -0.4 is 0 Å². The third kappa shape index (κ3) is 1.64. The highest BCUT2D eigenvalue weighted by Gasteiger charge is 2.47. The van der Waals surface area contributed by atoms with Crippen LogP contribution in [0.2, 0.25) is 0 Å². The molecule has 0 spiro atoms. The van der Waals surface area contributed by atoms with Gasteiger partial charge in [0, 0.05) is 12.0 Å². The van der Waals surface area contributed by atoms with E-state index < -0.39 is 0 Å². The molecule has 16 heavy (non-hydrogen) atoms. The van der Waals surface area contributed by atoms with Crippen LogP contribution in [0.3, 0.4) is 0 Å². The molecule has 2 rings (SSSR count). The molecule has 2 nitrogen and oxygen atoms in total. The van der Waals surface area contributed by atoms with Crippen molar-refractivity contribution in [3.63, 3.8) is 0 Å². The number of ether oxygens (including phenoxy) is 1. The van der Waals surface area contributed by atoms with E-state index in [2.05, 4.69) is 0 Å². The lowest BCUT2D eigenvalue weighted by Crippen LogP contribution is -2.53. The van der Waals surface area contributed by atoms with Crippen molar-refractivity contribution in [1.29, 1.82) is 0 Å². The van der Waals surface area contributed by atoms with Crippen LogP contribution >= 0.6 is 0 Å². The molecule has 1 aliphatic heterocycles. The van der Waals surface area contributed by atoms with Gasteiger partial charge in [-0.15, -0.1) is 0 Å². The smallest absolute Gasteiger partial charge is 0.127 e. The van der Waals surface area contributed by atoms with Gasteiger partial charge in [0.25, 0.3) is 0 Å². The predicted octanol–water partition coefficient (Wildman–Crippen LogP) is 2.11. The lowest BCUT2D eigenvalue weighted by atomic mass is 9.67.